The van der Waals surface area contributed by atoms with Gasteiger partial charge in [0.2, 0.25) is 0 Å². The van der Waals surface area contributed by atoms with Gasteiger partial charge in [-0.3, -0.25) is 0 Å². The Bertz CT molecular complexity index is 607. The molecule has 2 aromatic rings. The molecule has 2 aromatic heterocycles. The van der Waals surface area contributed by atoms with Crippen LogP contribution < -0.4 is 20.4 Å². The number of aromatic carboxylic acids is 4. The summed E-state index contributed by atoms with van der Waals surface area (Å²) < 4.78 is 8.61. The molecule has 0 saturated heterocycles. The Kier molecular flexibility index (Phi) is 7.66. The topological polar surface area (TPSA) is 187 Å². The van der Waals surface area contributed by atoms with Crippen molar-refractivity contribution >= 4 is 23.9 Å². The normalized spacial score (nSPS) is 9.04. The van der Waals surface area contributed by atoms with E-state index < -0.39 is 46.5 Å². The summed E-state index contributed by atoms with van der Waals surface area (Å²) in [5, 5.41) is 40.4. The first kappa shape index (κ1) is 20.3. The van der Waals surface area contributed by atoms with Crippen molar-refractivity contribution in [2.45, 2.75) is 0 Å². The molecular formula is C12H4HfO10. The van der Waals surface area contributed by atoms with Crippen molar-refractivity contribution in [3.8, 4) is 0 Å². The van der Waals surface area contributed by atoms with Crippen molar-refractivity contribution in [1.29, 1.82) is 0 Å². The van der Waals surface area contributed by atoms with Crippen LogP contribution in [0.1, 0.15) is 41.8 Å². The van der Waals surface area contributed by atoms with Crippen LogP contribution in [0.4, 0.5) is 0 Å². The second-order valence-electron chi connectivity index (χ2n) is 3.48. The van der Waals surface area contributed by atoms with Crippen molar-refractivity contribution in [3.63, 3.8) is 0 Å². The molecule has 10 nitrogen and oxygen atoms in total. The molecule has 11 heteroatoms. The van der Waals surface area contributed by atoms with E-state index in [2.05, 4.69) is 8.83 Å². The molecule has 0 aliphatic heterocycles. The van der Waals surface area contributed by atoms with Crippen LogP contribution in [0.5, 0.6) is 0 Å². The second kappa shape index (κ2) is 8.68. The summed E-state index contributed by atoms with van der Waals surface area (Å²) >= 11 is 0. The van der Waals surface area contributed by atoms with E-state index in [1.54, 1.807) is 0 Å². The Morgan fingerprint density at radius 2 is 0.957 bits per heavy atom. The van der Waals surface area contributed by atoms with Crippen molar-refractivity contribution < 1.29 is 74.3 Å². The van der Waals surface area contributed by atoms with Crippen LogP contribution in [0.15, 0.2) is 33.5 Å². The average molecular weight is 487 g/mol. The summed E-state index contributed by atoms with van der Waals surface area (Å²) in [5.74, 6) is -7.98. The van der Waals surface area contributed by atoms with E-state index in [-0.39, 0.29) is 25.8 Å². The molecule has 0 N–H and O–H groups in total. The van der Waals surface area contributed by atoms with Crippen molar-refractivity contribution in [1.82, 2.24) is 0 Å². The maximum atomic E-state index is 10.1. The smallest absolute Gasteiger partial charge is 0.545 e. The van der Waals surface area contributed by atoms with Gasteiger partial charge in [-0.05, 0) is 12.1 Å². The third-order valence-corrected chi connectivity index (χ3v) is 2.14. The van der Waals surface area contributed by atoms with Gasteiger partial charge in [0.25, 0.3) is 0 Å². The fraction of sp³-hybridized carbons (Fsp3) is 0. The van der Waals surface area contributed by atoms with Gasteiger partial charge in [-0.2, -0.15) is 0 Å². The Labute approximate surface area is 145 Å². The first-order chi connectivity index (χ1) is 10.3. The van der Waals surface area contributed by atoms with Crippen LogP contribution in [0.2, 0.25) is 0 Å². The molecular weight excluding hydrogens is 483 g/mol. The molecule has 116 valence electrons. The number of hydrogen-bond acceptors (Lipinski definition) is 10. The van der Waals surface area contributed by atoms with Gasteiger partial charge in [0.15, 0.2) is 11.5 Å². The van der Waals surface area contributed by atoms with Gasteiger partial charge in [-0.25, -0.2) is 0 Å². The summed E-state index contributed by atoms with van der Waals surface area (Å²) in [6.07, 6.45) is 1.88. The van der Waals surface area contributed by atoms with E-state index in [9.17, 15) is 39.6 Å². The molecule has 0 saturated carbocycles. The van der Waals surface area contributed by atoms with Crippen molar-refractivity contribution in [2.75, 3.05) is 0 Å². The first-order valence-electron chi connectivity index (χ1n) is 5.26. The largest absolute Gasteiger partial charge is 4.00 e. The van der Waals surface area contributed by atoms with Gasteiger partial charge < -0.3 is 48.4 Å². The van der Waals surface area contributed by atoms with Gasteiger partial charge in [0.1, 0.15) is 11.9 Å². The number of hydrogen-bond donors (Lipinski definition) is 0. The molecule has 2 heterocycles. The monoisotopic (exact) mass is 488 g/mol. The molecule has 0 aliphatic carbocycles. The van der Waals surface area contributed by atoms with E-state index in [4.69, 9.17) is 0 Å². The summed E-state index contributed by atoms with van der Waals surface area (Å²) in [6, 6.07) is 1.97. The number of carbonyl (C=O) groups excluding carboxylic acids is 4. The van der Waals surface area contributed by atoms with Crippen molar-refractivity contribution in [3.05, 3.63) is 47.3 Å². The molecule has 0 spiro atoms. The van der Waals surface area contributed by atoms with Crippen LogP contribution >= 0.6 is 0 Å². The summed E-state index contributed by atoms with van der Waals surface area (Å²) in [5.41, 5.74) is -1.02. The van der Waals surface area contributed by atoms with Gasteiger partial charge >= 0.3 is 25.8 Å². The average Bonchev–Trinajstić information content (AvgIpc) is 3.08. The number of carbonyl (C=O) groups is 4. The molecule has 0 fully saturated rings. The number of rotatable bonds is 4. The molecule has 0 radical (unpaired) electrons. The quantitative estimate of drug-likeness (QED) is 0.385. The van der Waals surface area contributed by atoms with Crippen LogP contribution in [0.3, 0.4) is 0 Å². The van der Waals surface area contributed by atoms with E-state index in [0.29, 0.717) is 0 Å². The van der Waals surface area contributed by atoms with Crippen molar-refractivity contribution in [2.24, 2.45) is 0 Å². The fourth-order valence-electron chi connectivity index (χ4n) is 1.26. The van der Waals surface area contributed by atoms with Gasteiger partial charge in [0, 0.05) is 11.1 Å². The number of carboxylic acids is 4. The van der Waals surface area contributed by atoms with Gasteiger partial charge in [0.05, 0.1) is 24.5 Å². The Morgan fingerprint density at radius 1 is 0.652 bits per heavy atom. The second-order valence-corrected chi connectivity index (χ2v) is 3.48. The van der Waals surface area contributed by atoms with Crippen LogP contribution in [-0.4, -0.2) is 23.9 Å². The first-order valence-corrected chi connectivity index (χ1v) is 5.26. The molecule has 0 unspecified atom stereocenters. The van der Waals surface area contributed by atoms with Gasteiger partial charge in [-0.1, -0.05) is 0 Å². The van der Waals surface area contributed by atoms with Crippen LogP contribution in [-0.2, 0) is 25.8 Å². The van der Waals surface area contributed by atoms with Crippen LogP contribution in [0, 0.1) is 0 Å². The molecule has 2 rings (SSSR count). The van der Waals surface area contributed by atoms with Crippen LogP contribution in [0.25, 0.3) is 0 Å². The molecule has 0 amide bonds. The van der Waals surface area contributed by atoms with E-state index in [1.165, 1.54) is 0 Å². The predicted octanol–water partition coefficient (Wildman–Crippen LogP) is -3.99. The standard InChI is InChI=1S/2C6H4O5.Hf/c2*7-5(8)3-1-2-11-4(3)6(9)10;/h2*1-2H,(H,7,8)(H,9,10);/q;;+4/p-4. The Morgan fingerprint density at radius 3 is 1.13 bits per heavy atom. The SMILES string of the molecule is O=C([O-])c1ccoc1C(=O)[O-].O=C([O-])c1ccoc1C(=O)[O-].[Hf+4]. The number of furan rings is 2. The zero-order valence-electron chi connectivity index (χ0n) is 10.9. The zero-order chi connectivity index (χ0) is 16.9. The summed E-state index contributed by atoms with van der Waals surface area (Å²) in [7, 11) is 0. The van der Waals surface area contributed by atoms with E-state index in [0.717, 1.165) is 24.7 Å². The molecule has 0 atom stereocenters. The number of carboxylic acid groups (broad SMARTS) is 4. The molecule has 0 aliphatic rings. The molecule has 0 aromatic carbocycles. The summed E-state index contributed by atoms with van der Waals surface area (Å²) in [4.78, 5) is 40.4. The molecule has 23 heavy (non-hydrogen) atoms. The van der Waals surface area contributed by atoms with E-state index in [1.807, 2.05) is 0 Å². The fourth-order valence-corrected chi connectivity index (χ4v) is 1.26. The zero-order valence-corrected chi connectivity index (χ0v) is 14.5. The minimum absolute atomic E-state index is 0. The van der Waals surface area contributed by atoms with Gasteiger partial charge in [-0.15, -0.1) is 0 Å². The molecule has 0 bridgehead atoms. The maximum absolute atomic E-state index is 10.1. The minimum atomic E-state index is -1.67. The Hall–Kier alpha value is -2.69. The minimum Gasteiger partial charge on any atom is -0.545 e. The Balaban J connectivity index is 0.000000403. The predicted molar refractivity (Wildman–Crippen MR) is 54.7 cm³/mol. The summed E-state index contributed by atoms with van der Waals surface area (Å²) in [6.45, 7) is 0. The third kappa shape index (κ3) is 5.21. The maximum Gasteiger partial charge on any atom is 4.00 e. The third-order valence-electron chi connectivity index (χ3n) is 2.14. The van der Waals surface area contributed by atoms with E-state index >= 15 is 0 Å².